The minimum atomic E-state index is -1.90. The molecule has 1 aromatic heterocycles. The van der Waals surface area contributed by atoms with Crippen molar-refractivity contribution in [2.75, 3.05) is 5.32 Å². The molecule has 0 saturated carbocycles. The van der Waals surface area contributed by atoms with E-state index in [1.54, 1.807) is 12.1 Å². The first kappa shape index (κ1) is 24.1. The van der Waals surface area contributed by atoms with Gasteiger partial charge in [-0.2, -0.15) is 0 Å². The summed E-state index contributed by atoms with van der Waals surface area (Å²) < 4.78 is -1.90. The van der Waals surface area contributed by atoms with E-state index in [2.05, 4.69) is 16.0 Å². The second-order valence-corrected chi connectivity index (χ2v) is 11.1. The Morgan fingerprint density at radius 1 is 1.13 bits per heavy atom. The minimum absolute atomic E-state index is 0.0848. The van der Waals surface area contributed by atoms with Crippen LogP contribution in [0.25, 0.3) is 0 Å². The van der Waals surface area contributed by atoms with Crippen molar-refractivity contribution < 1.29 is 9.59 Å². The predicted molar refractivity (Wildman–Crippen MR) is 132 cm³/mol. The molecule has 0 aliphatic heterocycles. The molecule has 0 bridgehead atoms. The van der Waals surface area contributed by atoms with E-state index >= 15 is 0 Å². The largest absolute Gasteiger partial charge is 0.365 e. The van der Waals surface area contributed by atoms with Crippen molar-refractivity contribution in [1.29, 1.82) is 0 Å². The van der Waals surface area contributed by atoms with Crippen LogP contribution in [0.5, 0.6) is 0 Å². The van der Waals surface area contributed by atoms with Gasteiger partial charge in [0.25, 0.3) is 11.8 Å². The highest BCUT2D eigenvalue weighted by Gasteiger charge is 2.35. The second kappa shape index (κ2) is 9.92. The summed E-state index contributed by atoms with van der Waals surface area (Å²) in [6, 6.07) is 6.96. The van der Waals surface area contributed by atoms with E-state index in [-0.39, 0.29) is 5.11 Å². The highest BCUT2D eigenvalue weighted by Crippen LogP contribution is 2.38. The minimum Gasteiger partial charge on any atom is -0.365 e. The molecule has 1 aliphatic carbocycles. The van der Waals surface area contributed by atoms with Crippen molar-refractivity contribution in [2.45, 2.75) is 42.6 Å². The number of halogens is 3. The zero-order chi connectivity index (χ0) is 22.8. The third-order valence-electron chi connectivity index (χ3n) is 4.84. The molecular formula is C20H21Cl3N4O2S2. The van der Waals surface area contributed by atoms with Gasteiger partial charge in [0.2, 0.25) is 3.79 Å². The Hall–Kier alpha value is -1.58. The van der Waals surface area contributed by atoms with Crippen LogP contribution in [0.3, 0.4) is 0 Å². The molecule has 1 aromatic carbocycles. The Kier molecular flexibility index (Phi) is 7.70. The van der Waals surface area contributed by atoms with Crippen LogP contribution in [0, 0.1) is 6.92 Å². The molecule has 0 fully saturated rings. The summed E-state index contributed by atoms with van der Waals surface area (Å²) in [5.41, 5.74) is 8.45. The molecule has 2 amide bonds. The Bertz CT molecular complexity index is 1000. The van der Waals surface area contributed by atoms with Gasteiger partial charge in [-0.05, 0) is 62.5 Å². The van der Waals surface area contributed by atoms with Crippen LogP contribution in [0.1, 0.15) is 49.6 Å². The molecule has 0 radical (unpaired) electrons. The van der Waals surface area contributed by atoms with Gasteiger partial charge in [-0.3, -0.25) is 9.59 Å². The van der Waals surface area contributed by atoms with Gasteiger partial charge >= 0.3 is 0 Å². The van der Waals surface area contributed by atoms with Gasteiger partial charge < -0.3 is 21.7 Å². The molecule has 0 saturated heterocycles. The fraction of sp³-hybridized carbons (Fsp3) is 0.350. The van der Waals surface area contributed by atoms with Gasteiger partial charge in [-0.15, -0.1) is 11.3 Å². The molecule has 3 rings (SSSR count). The topological polar surface area (TPSA) is 96.2 Å². The number of thiophene rings is 1. The lowest BCUT2D eigenvalue weighted by Gasteiger charge is -2.27. The fourth-order valence-corrected chi connectivity index (χ4v) is 5.21. The summed E-state index contributed by atoms with van der Waals surface area (Å²) in [5.74, 6) is -0.952. The summed E-state index contributed by atoms with van der Waals surface area (Å²) in [6.07, 6.45) is 2.64. The quantitative estimate of drug-likeness (QED) is 0.266. The second-order valence-electron chi connectivity index (χ2n) is 7.19. The molecule has 1 aliphatic rings. The van der Waals surface area contributed by atoms with Crippen LogP contribution in [0.15, 0.2) is 24.3 Å². The third kappa shape index (κ3) is 6.02. The van der Waals surface area contributed by atoms with Gasteiger partial charge in [0.05, 0.1) is 5.56 Å². The maximum absolute atomic E-state index is 12.6. The number of nitrogens with one attached hydrogen (secondary N) is 3. The summed E-state index contributed by atoms with van der Waals surface area (Å²) in [5, 5.41) is 9.06. The number of thiocarbonyl (C=S) groups is 1. The zero-order valence-corrected chi connectivity index (χ0v) is 20.5. The number of rotatable bonds is 5. The molecule has 1 atom stereocenters. The van der Waals surface area contributed by atoms with E-state index in [1.165, 1.54) is 11.3 Å². The van der Waals surface area contributed by atoms with Crippen molar-refractivity contribution in [3.63, 3.8) is 0 Å². The SMILES string of the molecule is Cc1ccc(C(=O)NC(NC(=S)Nc2sc3c(c2C(N)=O)CCCC3)C(Cl)(Cl)Cl)cc1. The lowest BCUT2D eigenvalue weighted by Crippen LogP contribution is -2.56. The van der Waals surface area contributed by atoms with Crippen LogP contribution in [0.4, 0.5) is 5.00 Å². The molecule has 5 N–H and O–H groups in total. The number of anilines is 1. The highest BCUT2D eigenvalue weighted by atomic mass is 35.6. The van der Waals surface area contributed by atoms with E-state index in [0.717, 1.165) is 41.7 Å². The number of primary amides is 1. The van der Waals surface area contributed by atoms with E-state index < -0.39 is 21.8 Å². The van der Waals surface area contributed by atoms with Crippen molar-refractivity contribution in [2.24, 2.45) is 5.73 Å². The van der Waals surface area contributed by atoms with Crippen molar-refractivity contribution in [3.05, 3.63) is 51.4 Å². The van der Waals surface area contributed by atoms with Crippen LogP contribution in [-0.4, -0.2) is 26.9 Å². The number of hydrogen-bond donors (Lipinski definition) is 4. The molecule has 31 heavy (non-hydrogen) atoms. The number of hydrogen-bond acceptors (Lipinski definition) is 4. The normalized spacial score (nSPS) is 14.3. The molecular weight excluding hydrogens is 499 g/mol. The maximum atomic E-state index is 12.6. The van der Waals surface area contributed by atoms with Crippen molar-refractivity contribution in [1.82, 2.24) is 10.6 Å². The molecule has 6 nitrogen and oxygen atoms in total. The molecule has 166 valence electrons. The summed E-state index contributed by atoms with van der Waals surface area (Å²) in [4.78, 5) is 25.7. The standard InChI is InChI=1S/C20H21Cl3N4O2S2/c1-10-6-8-11(9-7-10)16(29)25-18(20(21,22)23)27-19(30)26-17-14(15(24)28)12-4-2-3-5-13(12)31-17/h6-9,18H,2-5H2,1H3,(H2,24,28)(H,25,29)(H2,26,27,30). The molecule has 11 heteroatoms. The fourth-order valence-electron chi connectivity index (χ4n) is 3.30. The number of alkyl halides is 3. The number of carbonyl (C=O) groups is 2. The predicted octanol–water partition coefficient (Wildman–Crippen LogP) is 4.45. The first-order chi connectivity index (χ1) is 14.6. The highest BCUT2D eigenvalue weighted by molar-refractivity contribution is 7.80. The van der Waals surface area contributed by atoms with Gasteiger partial charge in [0.15, 0.2) is 5.11 Å². The molecule has 1 unspecified atom stereocenters. The number of nitrogens with two attached hydrogens (primary N) is 1. The first-order valence-corrected chi connectivity index (χ1v) is 11.9. The van der Waals surface area contributed by atoms with Crippen LogP contribution < -0.4 is 21.7 Å². The average Bonchev–Trinajstić information content (AvgIpc) is 3.05. The Balaban J connectivity index is 1.75. The Morgan fingerprint density at radius 3 is 2.39 bits per heavy atom. The van der Waals surface area contributed by atoms with Gasteiger partial charge in [0, 0.05) is 10.4 Å². The van der Waals surface area contributed by atoms with Gasteiger partial charge in [-0.25, -0.2) is 0 Å². The van der Waals surface area contributed by atoms with Gasteiger partial charge in [-0.1, -0.05) is 52.5 Å². The number of carbonyl (C=O) groups excluding carboxylic acids is 2. The first-order valence-electron chi connectivity index (χ1n) is 9.52. The number of aryl methyl sites for hydroxylation is 2. The molecule has 0 spiro atoms. The molecule has 2 aromatic rings. The van der Waals surface area contributed by atoms with Crippen LogP contribution in [0.2, 0.25) is 0 Å². The number of amides is 2. The van der Waals surface area contributed by atoms with E-state index in [9.17, 15) is 9.59 Å². The van der Waals surface area contributed by atoms with Crippen LogP contribution in [-0.2, 0) is 12.8 Å². The number of fused-ring (bicyclic) bond motifs is 1. The van der Waals surface area contributed by atoms with E-state index in [4.69, 9.17) is 52.8 Å². The van der Waals surface area contributed by atoms with Crippen molar-refractivity contribution in [3.8, 4) is 0 Å². The lowest BCUT2D eigenvalue weighted by atomic mass is 9.95. The summed E-state index contributed by atoms with van der Waals surface area (Å²) in [6.45, 7) is 1.92. The monoisotopic (exact) mass is 518 g/mol. The number of benzene rings is 1. The summed E-state index contributed by atoms with van der Waals surface area (Å²) >= 11 is 25.0. The maximum Gasteiger partial charge on any atom is 0.252 e. The van der Waals surface area contributed by atoms with E-state index in [0.29, 0.717) is 16.1 Å². The Morgan fingerprint density at radius 2 is 1.77 bits per heavy atom. The smallest absolute Gasteiger partial charge is 0.252 e. The van der Waals surface area contributed by atoms with E-state index in [1.807, 2.05) is 19.1 Å². The molecule has 1 heterocycles. The Labute approximate surface area is 204 Å². The van der Waals surface area contributed by atoms with Gasteiger partial charge in [0.1, 0.15) is 11.2 Å². The van der Waals surface area contributed by atoms with Crippen molar-refractivity contribution >= 4 is 80.3 Å². The summed E-state index contributed by atoms with van der Waals surface area (Å²) in [7, 11) is 0. The third-order valence-corrected chi connectivity index (χ3v) is 6.92. The van der Waals surface area contributed by atoms with Crippen LogP contribution >= 0.6 is 58.4 Å². The zero-order valence-electron chi connectivity index (χ0n) is 16.6. The lowest BCUT2D eigenvalue weighted by molar-refractivity contribution is 0.0933. The average molecular weight is 520 g/mol.